The second kappa shape index (κ2) is 5.39. The van der Waals surface area contributed by atoms with E-state index in [4.69, 9.17) is 0 Å². The summed E-state index contributed by atoms with van der Waals surface area (Å²) in [6.07, 6.45) is 4.02. The van der Waals surface area contributed by atoms with Crippen molar-refractivity contribution in [3.63, 3.8) is 0 Å². The average molecular weight is 221 g/mol. The summed E-state index contributed by atoms with van der Waals surface area (Å²) in [5.41, 5.74) is 6.06. The predicted molar refractivity (Wildman–Crippen MR) is 68.4 cm³/mol. The molecule has 1 N–H and O–H groups in total. The smallest absolute Gasteiger partial charge is 0.0366 e. The molecule has 16 heavy (non-hydrogen) atoms. The number of hydrogen-bond acceptors (Lipinski definition) is 2. The molecule has 0 amide bonds. The fourth-order valence-electron chi connectivity index (χ4n) is 2.42. The van der Waals surface area contributed by atoms with Gasteiger partial charge in [-0.3, -0.25) is 4.68 Å². The summed E-state index contributed by atoms with van der Waals surface area (Å²) in [5, 5.41) is 0. The first kappa shape index (κ1) is 11.5. The lowest BCUT2D eigenvalue weighted by atomic mass is 10.4. The number of nitrogens with one attached hydrogen (secondary N) is 1. The summed E-state index contributed by atoms with van der Waals surface area (Å²) in [6, 6.07) is 4.31. The van der Waals surface area contributed by atoms with Gasteiger partial charge in [0.25, 0.3) is 0 Å². The highest BCUT2D eigenvalue weighted by molar-refractivity contribution is 5.15. The van der Waals surface area contributed by atoms with E-state index in [9.17, 15) is 0 Å². The van der Waals surface area contributed by atoms with Gasteiger partial charge in [-0.05, 0) is 64.9 Å². The molecule has 1 fully saturated rings. The van der Waals surface area contributed by atoms with Crippen LogP contribution in [-0.4, -0.2) is 35.8 Å². The topological polar surface area (TPSA) is 20.2 Å². The Kier molecular flexibility index (Phi) is 3.88. The van der Waals surface area contributed by atoms with E-state index in [2.05, 4.69) is 41.0 Å². The maximum absolute atomic E-state index is 3.48. The third-order valence-electron chi connectivity index (χ3n) is 3.39. The van der Waals surface area contributed by atoms with Crippen LogP contribution in [0.25, 0.3) is 0 Å². The zero-order chi connectivity index (χ0) is 11.4. The molecule has 2 heterocycles. The minimum atomic E-state index is 1.06. The first-order valence-electron chi connectivity index (χ1n) is 6.38. The van der Waals surface area contributed by atoms with Crippen LogP contribution in [0.4, 0.5) is 0 Å². The molecule has 0 aromatic carbocycles. The molecule has 0 spiro atoms. The minimum absolute atomic E-state index is 1.06. The van der Waals surface area contributed by atoms with Gasteiger partial charge in [0.15, 0.2) is 0 Å². The van der Waals surface area contributed by atoms with E-state index in [1.54, 1.807) is 0 Å². The van der Waals surface area contributed by atoms with Crippen molar-refractivity contribution in [2.45, 2.75) is 33.1 Å². The maximum Gasteiger partial charge on any atom is 0.0366 e. The number of rotatable bonds is 5. The molecule has 1 saturated heterocycles. The molecular formula is C13H23N3. The van der Waals surface area contributed by atoms with Gasteiger partial charge < -0.3 is 10.3 Å². The van der Waals surface area contributed by atoms with Gasteiger partial charge in [0.1, 0.15) is 0 Å². The van der Waals surface area contributed by atoms with E-state index >= 15 is 0 Å². The molecule has 0 aliphatic carbocycles. The standard InChI is InChI=1S/C13H23N3/c1-12-6-7-13(2)16(12)14-8-5-11-15-9-3-4-10-15/h6-7,14H,3-5,8-11H2,1-2H3. The van der Waals surface area contributed by atoms with Crippen LogP contribution in [0.3, 0.4) is 0 Å². The van der Waals surface area contributed by atoms with Gasteiger partial charge >= 0.3 is 0 Å². The molecule has 1 aliphatic heterocycles. The normalized spacial score (nSPS) is 16.9. The largest absolute Gasteiger partial charge is 0.326 e. The summed E-state index contributed by atoms with van der Waals surface area (Å²) in [4.78, 5) is 2.57. The van der Waals surface area contributed by atoms with Gasteiger partial charge in [-0.2, -0.15) is 0 Å². The summed E-state index contributed by atoms with van der Waals surface area (Å²) >= 11 is 0. The van der Waals surface area contributed by atoms with Crippen molar-refractivity contribution in [2.75, 3.05) is 31.6 Å². The van der Waals surface area contributed by atoms with Gasteiger partial charge in [-0.1, -0.05) is 0 Å². The molecule has 0 atom stereocenters. The molecule has 1 aliphatic rings. The Morgan fingerprint density at radius 3 is 2.38 bits per heavy atom. The summed E-state index contributed by atoms with van der Waals surface area (Å²) in [6.45, 7) is 9.20. The lowest BCUT2D eigenvalue weighted by Gasteiger charge is -2.16. The van der Waals surface area contributed by atoms with Crippen molar-refractivity contribution < 1.29 is 0 Å². The molecule has 0 unspecified atom stereocenters. The van der Waals surface area contributed by atoms with Crippen LogP contribution in [0.15, 0.2) is 12.1 Å². The van der Waals surface area contributed by atoms with E-state index in [0.29, 0.717) is 0 Å². The summed E-state index contributed by atoms with van der Waals surface area (Å²) in [5.74, 6) is 0. The SMILES string of the molecule is Cc1ccc(C)n1NCCCN1CCCC1. The number of aromatic nitrogens is 1. The number of hydrogen-bond donors (Lipinski definition) is 1. The maximum atomic E-state index is 3.48. The zero-order valence-corrected chi connectivity index (χ0v) is 10.5. The molecule has 0 radical (unpaired) electrons. The highest BCUT2D eigenvalue weighted by atomic mass is 15.4. The van der Waals surface area contributed by atoms with Crippen LogP contribution in [0.2, 0.25) is 0 Å². The Hall–Kier alpha value is -0.960. The third kappa shape index (κ3) is 2.79. The van der Waals surface area contributed by atoms with Crippen LogP contribution in [0.5, 0.6) is 0 Å². The highest BCUT2D eigenvalue weighted by Gasteiger charge is 2.10. The van der Waals surface area contributed by atoms with Gasteiger partial charge in [0.2, 0.25) is 0 Å². The minimum Gasteiger partial charge on any atom is -0.326 e. The van der Waals surface area contributed by atoms with Gasteiger partial charge in [-0.15, -0.1) is 0 Å². The monoisotopic (exact) mass is 221 g/mol. The van der Waals surface area contributed by atoms with Crippen molar-refractivity contribution in [1.82, 2.24) is 9.58 Å². The van der Waals surface area contributed by atoms with Crippen molar-refractivity contribution >= 4 is 0 Å². The van der Waals surface area contributed by atoms with E-state index in [1.165, 1.54) is 50.3 Å². The fourth-order valence-corrected chi connectivity index (χ4v) is 2.42. The second-order valence-electron chi connectivity index (χ2n) is 4.76. The molecule has 1 aromatic rings. The van der Waals surface area contributed by atoms with Gasteiger partial charge in [0, 0.05) is 17.9 Å². The second-order valence-corrected chi connectivity index (χ2v) is 4.76. The van der Waals surface area contributed by atoms with E-state index in [1.807, 2.05) is 0 Å². The Balaban J connectivity index is 1.67. The van der Waals surface area contributed by atoms with Crippen LogP contribution in [0.1, 0.15) is 30.7 Å². The highest BCUT2D eigenvalue weighted by Crippen LogP contribution is 2.07. The summed E-state index contributed by atoms with van der Waals surface area (Å²) < 4.78 is 2.18. The van der Waals surface area contributed by atoms with Crippen molar-refractivity contribution in [3.8, 4) is 0 Å². The zero-order valence-electron chi connectivity index (χ0n) is 10.5. The predicted octanol–water partition coefficient (Wildman–Crippen LogP) is 2.13. The number of aryl methyl sites for hydroxylation is 2. The van der Waals surface area contributed by atoms with Crippen LogP contribution >= 0.6 is 0 Å². The lowest BCUT2D eigenvalue weighted by Crippen LogP contribution is -2.25. The third-order valence-corrected chi connectivity index (χ3v) is 3.39. The van der Waals surface area contributed by atoms with Gasteiger partial charge in [0.05, 0.1) is 0 Å². The van der Waals surface area contributed by atoms with Crippen LogP contribution < -0.4 is 5.43 Å². The van der Waals surface area contributed by atoms with E-state index < -0.39 is 0 Å². The lowest BCUT2D eigenvalue weighted by molar-refractivity contribution is 0.336. The Labute approximate surface area is 98.4 Å². The van der Waals surface area contributed by atoms with Gasteiger partial charge in [-0.25, -0.2) is 0 Å². The van der Waals surface area contributed by atoms with Crippen LogP contribution in [0, 0.1) is 13.8 Å². The average Bonchev–Trinajstić information content (AvgIpc) is 2.87. The quantitative estimate of drug-likeness (QED) is 0.769. The molecule has 2 rings (SSSR count). The van der Waals surface area contributed by atoms with E-state index in [-0.39, 0.29) is 0 Å². The molecule has 90 valence electrons. The molecule has 1 aromatic heterocycles. The Morgan fingerprint density at radius 2 is 1.75 bits per heavy atom. The molecule has 0 saturated carbocycles. The molecule has 0 bridgehead atoms. The first-order valence-corrected chi connectivity index (χ1v) is 6.38. The first-order chi connectivity index (χ1) is 7.77. The number of nitrogens with zero attached hydrogens (tertiary/aromatic N) is 2. The molecule has 3 nitrogen and oxygen atoms in total. The van der Waals surface area contributed by atoms with Crippen molar-refractivity contribution in [3.05, 3.63) is 23.5 Å². The summed E-state index contributed by atoms with van der Waals surface area (Å²) in [7, 11) is 0. The fraction of sp³-hybridized carbons (Fsp3) is 0.692. The molecule has 3 heteroatoms. The van der Waals surface area contributed by atoms with Crippen LogP contribution in [-0.2, 0) is 0 Å². The Morgan fingerprint density at radius 1 is 1.12 bits per heavy atom. The van der Waals surface area contributed by atoms with Crippen molar-refractivity contribution in [2.24, 2.45) is 0 Å². The molecular weight excluding hydrogens is 198 g/mol. The van der Waals surface area contributed by atoms with E-state index in [0.717, 1.165) is 6.54 Å². The van der Waals surface area contributed by atoms with Crippen molar-refractivity contribution in [1.29, 1.82) is 0 Å². The Bertz CT molecular complexity index is 304. The number of likely N-dealkylation sites (tertiary alicyclic amines) is 1.